The molecule has 0 bridgehead atoms. The molecule has 2 aromatic heterocycles. The Balaban J connectivity index is 1.78. The number of hydrogen-bond donors (Lipinski definition) is 2. The van der Waals surface area contributed by atoms with Gasteiger partial charge in [0, 0.05) is 38.3 Å². The summed E-state index contributed by atoms with van der Waals surface area (Å²) in [5, 5.41) is 11.5. The number of carbonyl (C=O) groups is 2. The van der Waals surface area contributed by atoms with E-state index in [4.69, 9.17) is 9.47 Å². The first-order chi connectivity index (χ1) is 15.8. The van der Waals surface area contributed by atoms with Crippen LogP contribution in [0.2, 0.25) is 0 Å². The van der Waals surface area contributed by atoms with Gasteiger partial charge in [-0.15, -0.1) is 0 Å². The lowest BCUT2D eigenvalue weighted by atomic mass is 10.0. The van der Waals surface area contributed by atoms with Crippen LogP contribution in [0, 0.1) is 18.6 Å². The number of aromatic nitrogens is 2. The van der Waals surface area contributed by atoms with E-state index in [-0.39, 0.29) is 43.1 Å². The minimum atomic E-state index is -1.05. The molecule has 0 saturated carbocycles. The van der Waals surface area contributed by atoms with Crippen LogP contribution in [0.3, 0.4) is 0 Å². The Bertz CT molecular complexity index is 1210. The van der Waals surface area contributed by atoms with Crippen molar-refractivity contribution in [2.75, 3.05) is 26.7 Å². The molecule has 0 spiro atoms. The second-order valence-corrected chi connectivity index (χ2v) is 7.67. The van der Waals surface area contributed by atoms with E-state index in [0.717, 1.165) is 17.7 Å². The Morgan fingerprint density at radius 2 is 2.03 bits per heavy atom. The standard InChI is InChI=1S/C22H22F2N4O5/c1-12-3-4-28-17(10-14-11-27(22(30)31)5-6-32-14)20(26-18(28)7-12)19-15(23)8-13(9-16(19)24)33-21(29)25-2/h3-4,7-9,14H,5-6,10-11H2,1-2H3,(H,25,29)(H,30,31)/t14-/m0/s1. The maximum atomic E-state index is 15.1. The maximum absolute atomic E-state index is 15.1. The summed E-state index contributed by atoms with van der Waals surface area (Å²) < 4.78 is 42.4. The molecule has 1 saturated heterocycles. The van der Waals surface area contributed by atoms with E-state index in [0.29, 0.717) is 11.3 Å². The molecule has 1 atom stereocenters. The van der Waals surface area contributed by atoms with E-state index in [1.54, 1.807) is 16.7 Å². The van der Waals surface area contributed by atoms with Gasteiger partial charge in [-0.05, 0) is 24.6 Å². The largest absolute Gasteiger partial charge is 0.465 e. The van der Waals surface area contributed by atoms with Crippen LogP contribution in [0.4, 0.5) is 18.4 Å². The van der Waals surface area contributed by atoms with Crippen molar-refractivity contribution in [2.24, 2.45) is 0 Å². The van der Waals surface area contributed by atoms with Crippen molar-refractivity contribution in [2.45, 2.75) is 19.4 Å². The van der Waals surface area contributed by atoms with Gasteiger partial charge in [-0.2, -0.15) is 0 Å². The summed E-state index contributed by atoms with van der Waals surface area (Å²) >= 11 is 0. The fraction of sp³-hybridized carbons (Fsp3) is 0.318. The molecule has 174 valence electrons. The summed E-state index contributed by atoms with van der Waals surface area (Å²) in [6.45, 7) is 2.46. The van der Waals surface area contributed by atoms with Gasteiger partial charge in [0.05, 0.1) is 36.2 Å². The van der Waals surface area contributed by atoms with Crippen LogP contribution in [0.15, 0.2) is 30.5 Å². The average molecular weight is 460 g/mol. The number of nitrogens with zero attached hydrogens (tertiary/aromatic N) is 3. The van der Waals surface area contributed by atoms with Crippen LogP contribution in [0.5, 0.6) is 5.75 Å². The summed E-state index contributed by atoms with van der Waals surface area (Å²) in [5.41, 5.74) is 1.56. The van der Waals surface area contributed by atoms with Crippen LogP contribution >= 0.6 is 0 Å². The van der Waals surface area contributed by atoms with Crippen LogP contribution in [-0.4, -0.2) is 64.4 Å². The number of fused-ring (bicyclic) bond motifs is 1. The molecule has 9 nitrogen and oxygen atoms in total. The Labute approximate surface area is 187 Å². The van der Waals surface area contributed by atoms with E-state index < -0.39 is 29.9 Å². The summed E-state index contributed by atoms with van der Waals surface area (Å²) in [6, 6.07) is 5.43. The first-order valence-corrected chi connectivity index (χ1v) is 10.2. The zero-order chi connectivity index (χ0) is 23.7. The van der Waals surface area contributed by atoms with Crippen molar-refractivity contribution in [1.82, 2.24) is 19.6 Å². The number of carbonyl (C=O) groups excluding carboxylic acids is 1. The van der Waals surface area contributed by atoms with Gasteiger partial charge in [0.1, 0.15) is 23.0 Å². The van der Waals surface area contributed by atoms with Gasteiger partial charge in [-0.1, -0.05) is 0 Å². The highest BCUT2D eigenvalue weighted by atomic mass is 19.1. The number of imidazole rings is 1. The summed E-state index contributed by atoms with van der Waals surface area (Å²) in [4.78, 5) is 28.5. The molecule has 2 amide bonds. The second-order valence-electron chi connectivity index (χ2n) is 7.67. The van der Waals surface area contributed by atoms with Gasteiger partial charge in [0.2, 0.25) is 0 Å². The highest BCUT2D eigenvalue weighted by Gasteiger charge is 2.28. The lowest BCUT2D eigenvalue weighted by Crippen LogP contribution is -2.45. The molecule has 1 aliphatic heterocycles. The summed E-state index contributed by atoms with van der Waals surface area (Å²) in [5.74, 6) is -2.19. The molecule has 1 aromatic carbocycles. The third-order valence-electron chi connectivity index (χ3n) is 5.38. The number of ether oxygens (including phenoxy) is 2. The second kappa shape index (κ2) is 9.02. The molecular formula is C22H22F2N4O5. The van der Waals surface area contributed by atoms with Crippen LogP contribution in [0.1, 0.15) is 11.3 Å². The van der Waals surface area contributed by atoms with E-state index in [1.165, 1.54) is 11.9 Å². The predicted molar refractivity (Wildman–Crippen MR) is 113 cm³/mol. The van der Waals surface area contributed by atoms with Crippen LogP contribution < -0.4 is 10.1 Å². The van der Waals surface area contributed by atoms with Crippen molar-refractivity contribution >= 4 is 17.8 Å². The molecule has 1 aliphatic rings. The zero-order valence-electron chi connectivity index (χ0n) is 18.0. The predicted octanol–water partition coefficient (Wildman–Crippen LogP) is 3.23. The number of carboxylic acid groups (broad SMARTS) is 1. The molecule has 0 radical (unpaired) electrons. The van der Waals surface area contributed by atoms with E-state index in [2.05, 4.69) is 10.3 Å². The highest BCUT2D eigenvalue weighted by Crippen LogP contribution is 2.33. The number of morpholine rings is 1. The van der Waals surface area contributed by atoms with Crippen molar-refractivity contribution in [3.63, 3.8) is 0 Å². The van der Waals surface area contributed by atoms with Crippen molar-refractivity contribution in [1.29, 1.82) is 0 Å². The summed E-state index contributed by atoms with van der Waals surface area (Å²) in [7, 11) is 1.33. The molecule has 4 rings (SSSR count). The smallest absolute Gasteiger partial charge is 0.412 e. The number of hydrogen-bond acceptors (Lipinski definition) is 5. The number of rotatable bonds is 4. The Kier molecular flexibility index (Phi) is 6.14. The van der Waals surface area contributed by atoms with Crippen LogP contribution in [-0.2, 0) is 11.2 Å². The number of aryl methyl sites for hydroxylation is 1. The first kappa shape index (κ1) is 22.5. The number of halogens is 2. The highest BCUT2D eigenvalue weighted by molar-refractivity contribution is 5.72. The molecule has 3 aromatic rings. The lowest BCUT2D eigenvalue weighted by Gasteiger charge is -2.31. The molecule has 11 heteroatoms. The quantitative estimate of drug-likeness (QED) is 0.620. The molecule has 33 heavy (non-hydrogen) atoms. The normalized spacial score (nSPS) is 16.1. The van der Waals surface area contributed by atoms with E-state index in [9.17, 15) is 14.7 Å². The topological polar surface area (TPSA) is 105 Å². The minimum Gasteiger partial charge on any atom is -0.465 e. The molecule has 3 heterocycles. The Morgan fingerprint density at radius 3 is 2.70 bits per heavy atom. The van der Waals surface area contributed by atoms with E-state index in [1.807, 2.05) is 13.0 Å². The van der Waals surface area contributed by atoms with Crippen molar-refractivity contribution in [3.05, 3.63) is 53.4 Å². The van der Waals surface area contributed by atoms with Gasteiger partial charge in [0.15, 0.2) is 0 Å². The molecular weight excluding hydrogens is 438 g/mol. The minimum absolute atomic E-state index is 0.0677. The maximum Gasteiger partial charge on any atom is 0.412 e. The average Bonchev–Trinajstić information content (AvgIpc) is 3.10. The molecule has 2 N–H and O–H groups in total. The summed E-state index contributed by atoms with van der Waals surface area (Å²) in [6.07, 6.45) is -0.507. The van der Waals surface area contributed by atoms with Crippen molar-refractivity contribution < 1.29 is 33.0 Å². The first-order valence-electron chi connectivity index (χ1n) is 10.2. The number of benzene rings is 1. The van der Waals surface area contributed by atoms with Gasteiger partial charge in [0.25, 0.3) is 0 Å². The monoisotopic (exact) mass is 460 g/mol. The van der Waals surface area contributed by atoms with Crippen molar-refractivity contribution in [3.8, 4) is 17.0 Å². The zero-order valence-corrected chi connectivity index (χ0v) is 18.0. The number of pyridine rings is 1. The SMILES string of the molecule is CNC(=O)Oc1cc(F)c(-c2nc3cc(C)ccn3c2C[C@H]2CN(C(=O)O)CCO2)c(F)c1. The Morgan fingerprint density at radius 1 is 1.30 bits per heavy atom. The van der Waals surface area contributed by atoms with Crippen LogP contribution in [0.25, 0.3) is 16.9 Å². The molecule has 0 unspecified atom stereocenters. The third kappa shape index (κ3) is 4.58. The van der Waals surface area contributed by atoms with E-state index >= 15 is 8.78 Å². The van der Waals surface area contributed by atoms with Gasteiger partial charge < -0.3 is 29.2 Å². The number of nitrogens with one attached hydrogen (secondary N) is 1. The van der Waals surface area contributed by atoms with Gasteiger partial charge in [-0.25, -0.2) is 23.4 Å². The Hall–Kier alpha value is -3.73. The third-order valence-corrected chi connectivity index (χ3v) is 5.38. The fourth-order valence-corrected chi connectivity index (χ4v) is 3.82. The van der Waals surface area contributed by atoms with Gasteiger partial charge in [-0.3, -0.25) is 0 Å². The molecule has 1 fully saturated rings. The molecule has 0 aliphatic carbocycles. The fourth-order valence-electron chi connectivity index (χ4n) is 3.82. The number of amides is 2. The lowest BCUT2D eigenvalue weighted by molar-refractivity contribution is -0.0214. The van der Waals surface area contributed by atoms with Gasteiger partial charge >= 0.3 is 12.2 Å².